The molecule has 0 saturated carbocycles. The molecule has 1 spiro atoms. The number of hydrogen-bond donors (Lipinski definition) is 1. The zero-order valence-corrected chi connectivity index (χ0v) is 16.4. The average molecular weight is 417 g/mol. The number of likely N-dealkylation sites (tertiary alicyclic amines) is 1. The number of nitrogens with zero attached hydrogens (tertiary/aromatic N) is 1. The monoisotopic (exact) mass is 416 g/mol. The third-order valence-electron chi connectivity index (χ3n) is 5.58. The number of furan rings is 1. The maximum atomic E-state index is 12.9. The molecule has 0 radical (unpaired) electrons. The molecular weight excluding hydrogens is 400 g/mol. The van der Waals surface area contributed by atoms with E-state index in [0.717, 1.165) is 0 Å². The Morgan fingerprint density at radius 3 is 2.82 bits per heavy atom. The number of amides is 2. The Balaban J connectivity index is 1.36. The van der Waals surface area contributed by atoms with Crippen molar-refractivity contribution in [2.45, 2.75) is 6.04 Å². The van der Waals surface area contributed by atoms with Crippen LogP contribution in [0.4, 0.5) is 0 Å². The van der Waals surface area contributed by atoms with E-state index in [2.05, 4.69) is 5.32 Å². The summed E-state index contributed by atoms with van der Waals surface area (Å²) >= 11 is 7.61. The maximum absolute atomic E-state index is 12.9. The van der Waals surface area contributed by atoms with Crippen LogP contribution in [0.25, 0.3) is 11.0 Å². The third kappa shape index (κ3) is 2.82. The van der Waals surface area contributed by atoms with Crippen LogP contribution in [-0.2, 0) is 4.74 Å². The van der Waals surface area contributed by atoms with E-state index in [1.165, 1.54) is 17.6 Å². The van der Waals surface area contributed by atoms with Gasteiger partial charge in [-0.2, -0.15) is 11.3 Å². The summed E-state index contributed by atoms with van der Waals surface area (Å²) < 4.78 is 10.8. The van der Waals surface area contributed by atoms with Crippen LogP contribution in [0.3, 0.4) is 0 Å². The van der Waals surface area contributed by atoms with Gasteiger partial charge in [-0.05, 0) is 29.6 Å². The summed E-state index contributed by atoms with van der Waals surface area (Å²) in [6.07, 6.45) is 1.46. The second kappa shape index (κ2) is 6.62. The predicted molar refractivity (Wildman–Crippen MR) is 106 cm³/mol. The molecule has 1 unspecified atom stereocenters. The van der Waals surface area contributed by atoms with Crippen LogP contribution < -0.4 is 5.32 Å². The first-order chi connectivity index (χ1) is 13.6. The van der Waals surface area contributed by atoms with E-state index in [9.17, 15) is 9.59 Å². The van der Waals surface area contributed by atoms with Crippen LogP contribution >= 0.6 is 22.9 Å². The molecule has 2 saturated heterocycles. The molecule has 144 valence electrons. The molecular formula is C20H17ClN2O4S. The highest BCUT2D eigenvalue weighted by Crippen LogP contribution is 2.39. The fourth-order valence-electron chi connectivity index (χ4n) is 3.93. The van der Waals surface area contributed by atoms with Gasteiger partial charge in [0.1, 0.15) is 11.8 Å². The van der Waals surface area contributed by atoms with E-state index < -0.39 is 0 Å². The number of carbonyl (C=O) groups excluding carboxylic acids is 2. The molecule has 3 aromatic rings. The van der Waals surface area contributed by atoms with Crippen molar-refractivity contribution in [2.75, 3.05) is 26.3 Å². The van der Waals surface area contributed by atoms with Crippen LogP contribution in [0.5, 0.6) is 0 Å². The average Bonchev–Trinajstić information content (AvgIpc) is 3.39. The highest BCUT2D eigenvalue weighted by atomic mass is 35.5. The van der Waals surface area contributed by atoms with Gasteiger partial charge in [0, 0.05) is 29.4 Å². The van der Waals surface area contributed by atoms with Crippen molar-refractivity contribution in [3.63, 3.8) is 0 Å². The third-order valence-corrected chi connectivity index (χ3v) is 6.55. The molecule has 1 aromatic carbocycles. The number of benzene rings is 1. The number of ether oxygens (including phenoxy) is 1. The molecule has 0 bridgehead atoms. The standard InChI is InChI=1S/C20H17ClN2O4S/c21-15-7-27-16-2-1-12(5-14(15)16)18(24)22-17-6-23(9-20(17)10-26-11-20)19(25)13-3-4-28-8-13/h1-5,7-8,17H,6,9-11H2,(H,22,24). The molecule has 28 heavy (non-hydrogen) atoms. The van der Waals surface area contributed by atoms with Crippen molar-refractivity contribution >= 4 is 45.7 Å². The second-order valence-corrected chi connectivity index (χ2v) is 8.56. The number of carbonyl (C=O) groups is 2. The van der Waals surface area contributed by atoms with Crippen molar-refractivity contribution in [3.8, 4) is 0 Å². The van der Waals surface area contributed by atoms with E-state index >= 15 is 0 Å². The molecule has 5 rings (SSSR count). The number of hydrogen-bond acceptors (Lipinski definition) is 5. The Morgan fingerprint density at radius 1 is 1.25 bits per heavy atom. The molecule has 2 aliphatic heterocycles. The molecule has 2 aromatic heterocycles. The first kappa shape index (κ1) is 17.7. The topological polar surface area (TPSA) is 71.8 Å². The Kier molecular flexibility index (Phi) is 4.19. The fourth-order valence-corrected chi connectivity index (χ4v) is 4.75. The van der Waals surface area contributed by atoms with Crippen LogP contribution in [0.15, 0.2) is 45.7 Å². The Hall–Kier alpha value is -2.35. The van der Waals surface area contributed by atoms with Gasteiger partial charge in [0.25, 0.3) is 11.8 Å². The molecule has 0 aliphatic carbocycles. The molecule has 2 aliphatic rings. The van der Waals surface area contributed by atoms with E-state index in [4.69, 9.17) is 20.8 Å². The quantitative estimate of drug-likeness (QED) is 0.710. The highest BCUT2D eigenvalue weighted by Gasteiger charge is 2.53. The van der Waals surface area contributed by atoms with Crippen LogP contribution in [-0.4, -0.2) is 49.1 Å². The zero-order valence-electron chi connectivity index (χ0n) is 14.8. The molecule has 2 fully saturated rings. The van der Waals surface area contributed by atoms with Crippen molar-refractivity contribution in [1.82, 2.24) is 10.2 Å². The minimum absolute atomic E-state index is 0.00382. The SMILES string of the molecule is O=C(NC1CN(C(=O)c2ccsc2)CC12COC2)c1ccc2occ(Cl)c2c1. The number of rotatable bonds is 3. The largest absolute Gasteiger partial charge is 0.463 e. The lowest BCUT2D eigenvalue weighted by Gasteiger charge is -2.42. The zero-order chi connectivity index (χ0) is 19.3. The van der Waals surface area contributed by atoms with E-state index in [-0.39, 0.29) is 23.3 Å². The molecule has 1 atom stereocenters. The lowest BCUT2D eigenvalue weighted by Crippen LogP contribution is -2.57. The van der Waals surface area contributed by atoms with Crippen LogP contribution in [0, 0.1) is 5.41 Å². The van der Waals surface area contributed by atoms with Gasteiger partial charge in [-0.1, -0.05) is 11.6 Å². The first-order valence-corrected chi connectivity index (χ1v) is 10.2. The van der Waals surface area contributed by atoms with Crippen molar-refractivity contribution in [1.29, 1.82) is 0 Å². The van der Waals surface area contributed by atoms with Gasteiger partial charge in [-0.15, -0.1) is 0 Å². The van der Waals surface area contributed by atoms with Gasteiger partial charge in [0.15, 0.2) is 0 Å². The molecule has 6 nitrogen and oxygen atoms in total. The molecule has 1 N–H and O–H groups in total. The number of fused-ring (bicyclic) bond motifs is 1. The summed E-state index contributed by atoms with van der Waals surface area (Å²) in [5, 5.41) is 8.03. The summed E-state index contributed by atoms with van der Waals surface area (Å²) in [4.78, 5) is 27.4. The summed E-state index contributed by atoms with van der Waals surface area (Å²) in [6.45, 7) is 2.13. The van der Waals surface area contributed by atoms with Crippen molar-refractivity contribution in [3.05, 3.63) is 57.4 Å². The smallest absolute Gasteiger partial charge is 0.254 e. The van der Waals surface area contributed by atoms with Gasteiger partial charge in [0.05, 0.1) is 35.3 Å². The van der Waals surface area contributed by atoms with Gasteiger partial charge < -0.3 is 19.4 Å². The summed E-state index contributed by atoms with van der Waals surface area (Å²) in [5.41, 5.74) is 1.61. The number of halogens is 1. The minimum atomic E-state index is -0.223. The van der Waals surface area contributed by atoms with Gasteiger partial charge in [-0.25, -0.2) is 0 Å². The van der Waals surface area contributed by atoms with E-state index in [1.54, 1.807) is 18.2 Å². The Labute approximate surface area is 170 Å². The normalized spacial score (nSPS) is 20.5. The number of thiophene rings is 1. The molecule has 8 heteroatoms. The van der Waals surface area contributed by atoms with Crippen LogP contribution in [0.2, 0.25) is 5.02 Å². The predicted octanol–water partition coefficient (Wildman–Crippen LogP) is 3.42. The van der Waals surface area contributed by atoms with Gasteiger partial charge in [0.2, 0.25) is 0 Å². The van der Waals surface area contributed by atoms with Gasteiger partial charge >= 0.3 is 0 Å². The number of nitrogens with one attached hydrogen (secondary N) is 1. The van der Waals surface area contributed by atoms with Gasteiger partial charge in [-0.3, -0.25) is 9.59 Å². The van der Waals surface area contributed by atoms with E-state index in [1.807, 2.05) is 21.7 Å². The lowest BCUT2D eigenvalue weighted by atomic mass is 9.81. The summed E-state index contributed by atoms with van der Waals surface area (Å²) in [7, 11) is 0. The van der Waals surface area contributed by atoms with Crippen molar-refractivity contribution < 1.29 is 18.7 Å². The fraction of sp³-hybridized carbons (Fsp3) is 0.300. The van der Waals surface area contributed by atoms with E-state index in [0.29, 0.717) is 53.4 Å². The molecule has 2 amide bonds. The maximum Gasteiger partial charge on any atom is 0.254 e. The molecule has 4 heterocycles. The summed E-state index contributed by atoms with van der Waals surface area (Å²) in [5.74, 6) is -0.198. The highest BCUT2D eigenvalue weighted by molar-refractivity contribution is 7.08. The Morgan fingerprint density at radius 2 is 2.11 bits per heavy atom. The minimum Gasteiger partial charge on any atom is -0.463 e. The first-order valence-electron chi connectivity index (χ1n) is 8.93. The van der Waals surface area contributed by atoms with Crippen molar-refractivity contribution in [2.24, 2.45) is 5.41 Å². The van der Waals surface area contributed by atoms with Crippen LogP contribution in [0.1, 0.15) is 20.7 Å². The Bertz CT molecular complexity index is 1060. The lowest BCUT2D eigenvalue weighted by molar-refractivity contribution is -0.114. The summed E-state index contributed by atoms with van der Waals surface area (Å²) in [6, 6.07) is 6.84. The second-order valence-electron chi connectivity index (χ2n) is 7.37.